The highest BCUT2D eigenvalue weighted by molar-refractivity contribution is 5.93. The van der Waals surface area contributed by atoms with Crippen LogP contribution in [0, 0.1) is 0 Å². The van der Waals surface area contributed by atoms with Gasteiger partial charge in [0.15, 0.2) is 0 Å². The van der Waals surface area contributed by atoms with Crippen LogP contribution in [0.1, 0.15) is 61.7 Å². The number of hydrogen-bond donors (Lipinski definition) is 2. The van der Waals surface area contributed by atoms with Crippen LogP contribution in [0.3, 0.4) is 0 Å². The summed E-state index contributed by atoms with van der Waals surface area (Å²) in [5, 5.41) is 6.34. The summed E-state index contributed by atoms with van der Waals surface area (Å²) in [4.78, 5) is 23.5. The first-order chi connectivity index (χ1) is 13.8. The van der Waals surface area contributed by atoms with E-state index in [1.54, 1.807) is 12.4 Å². The van der Waals surface area contributed by atoms with Crippen molar-refractivity contribution in [3.63, 3.8) is 0 Å². The van der Waals surface area contributed by atoms with Crippen molar-refractivity contribution < 1.29 is 4.79 Å². The fourth-order valence-electron chi connectivity index (χ4n) is 4.06. The highest BCUT2D eigenvalue weighted by atomic mass is 16.1. The lowest BCUT2D eigenvalue weighted by Crippen LogP contribution is -2.34. The van der Waals surface area contributed by atoms with Gasteiger partial charge in [-0.2, -0.15) is 0 Å². The highest BCUT2D eigenvalue weighted by Gasteiger charge is 2.16. The smallest absolute Gasteiger partial charge is 0.254 e. The Labute approximate surface area is 166 Å². The van der Waals surface area contributed by atoms with Crippen molar-refractivity contribution in [2.45, 2.75) is 57.4 Å². The van der Waals surface area contributed by atoms with Gasteiger partial charge in [0.2, 0.25) is 5.95 Å². The number of rotatable bonds is 5. The molecule has 2 fully saturated rings. The lowest BCUT2D eigenvalue weighted by atomic mass is 10.1. The van der Waals surface area contributed by atoms with Crippen molar-refractivity contribution >= 4 is 23.2 Å². The van der Waals surface area contributed by atoms with E-state index in [1.165, 1.54) is 44.2 Å². The molecule has 0 bridgehead atoms. The third kappa shape index (κ3) is 4.80. The number of hydrogen-bond acceptors (Lipinski definition) is 5. The summed E-state index contributed by atoms with van der Waals surface area (Å²) in [6, 6.07) is 8.62. The lowest BCUT2D eigenvalue weighted by molar-refractivity contribution is 0.0932. The number of amides is 1. The molecule has 1 amide bonds. The highest BCUT2D eigenvalue weighted by Crippen LogP contribution is 2.23. The van der Waals surface area contributed by atoms with Crippen molar-refractivity contribution in [2.75, 3.05) is 23.3 Å². The zero-order valence-corrected chi connectivity index (χ0v) is 16.4. The van der Waals surface area contributed by atoms with Gasteiger partial charge in [0.05, 0.1) is 5.56 Å². The van der Waals surface area contributed by atoms with E-state index in [0.29, 0.717) is 11.5 Å². The SMILES string of the molecule is O=C(NC1CCCCCC1)c1cnc(Nc2ccc(N3CCCC3)cc2)nc1. The molecule has 1 saturated heterocycles. The van der Waals surface area contributed by atoms with Gasteiger partial charge in [0, 0.05) is 42.9 Å². The molecule has 2 N–H and O–H groups in total. The minimum Gasteiger partial charge on any atom is -0.372 e. The summed E-state index contributed by atoms with van der Waals surface area (Å²) in [6.07, 6.45) is 12.8. The van der Waals surface area contributed by atoms with Crippen LogP contribution in [0.4, 0.5) is 17.3 Å². The Balaban J connectivity index is 1.33. The van der Waals surface area contributed by atoms with Crippen LogP contribution in [-0.2, 0) is 0 Å². The van der Waals surface area contributed by atoms with Crippen molar-refractivity contribution in [3.8, 4) is 0 Å². The Morgan fingerprint density at radius 3 is 2.18 bits per heavy atom. The molecule has 0 atom stereocenters. The summed E-state index contributed by atoms with van der Waals surface area (Å²) in [7, 11) is 0. The Morgan fingerprint density at radius 2 is 1.54 bits per heavy atom. The van der Waals surface area contributed by atoms with Crippen LogP contribution >= 0.6 is 0 Å². The molecule has 1 saturated carbocycles. The first kappa shape index (κ1) is 18.7. The minimum atomic E-state index is -0.0755. The van der Waals surface area contributed by atoms with E-state index >= 15 is 0 Å². The van der Waals surface area contributed by atoms with Gasteiger partial charge in [0.25, 0.3) is 5.91 Å². The van der Waals surface area contributed by atoms with Gasteiger partial charge in [-0.1, -0.05) is 25.7 Å². The summed E-state index contributed by atoms with van der Waals surface area (Å²) in [5.74, 6) is 0.424. The number of nitrogens with one attached hydrogen (secondary N) is 2. The second kappa shape index (κ2) is 9.04. The standard InChI is InChI=1S/C22H29N5O/c28-21(25-18-7-3-1-2-4-8-18)17-15-23-22(24-16-17)26-19-9-11-20(12-10-19)27-13-5-6-14-27/h9-12,15-16,18H,1-8,13-14H2,(H,25,28)(H,23,24,26). The van der Waals surface area contributed by atoms with Gasteiger partial charge in [-0.15, -0.1) is 0 Å². The zero-order chi connectivity index (χ0) is 19.2. The minimum absolute atomic E-state index is 0.0755. The van der Waals surface area contributed by atoms with Crippen LogP contribution < -0.4 is 15.5 Å². The van der Waals surface area contributed by atoms with E-state index in [9.17, 15) is 4.79 Å². The molecule has 0 unspecified atom stereocenters. The molecule has 2 aromatic rings. The van der Waals surface area contributed by atoms with E-state index in [1.807, 2.05) is 12.1 Å². The summed E-state index contributed by atoms with van der Waals surface area (Å²) in [6.45, 7) is 2.28. The third-order valence-corrected chi connectivity index (χ3v) is 5.70. The van der Waals surface area contributed by atoms with Crippen molar-refractivity contribution in [2.24, 2.45) is 0 Å². The number of carbonyl (C=O) groups is 1. The molecular weight excluding hydrogens is 350 g/mol. The van der Waals surface area contributed by atoms with Gasteiger partial charge >= 0.3 is 0 Å². The molecule has 0 spiro atoms. The molecule has 2 heterocycles. The van der Waals surface area contributed by atoms with E-state index < -0.39 is 0 Å². The maximum atomic E-state index is 12.4. The van der Waals surface area contributed by atoms with Crippen molar-refractivity contribution in [1.29, 1.82) is 0 Å². The maximum Gasteiger partial charge on any atom is 0.254 e. The summed E-state index contributed by atoms with van der Waals surface area (Å²) < 4.78 is 0. The fraction of sp³-hybridized carbons (Fsp3) is 0.500. The predicted octanol–water partition coefficient (Wildman–Crippen LogP) is 4.27. The molecular formula is C22H29N5O. The largest absolute Gasteiger partial charge is 0.372 e. The topological polar surface area (TPSA) is 70.2 Å². The molecule has 0 radical (unpaired) electrons. The third-order valence-electron chi connectivity index (χ3n) is 5.70. The number of nitrogens with zero attached hydrogens (tertiary/aromatic N) is 3. The lowest BCUT2D eigenvalue weighted by Gasteiger charge is -2.17. The van der Waals surface area contributed by atoms with Crippen LogP contribution in [0.15, 0.2) is 36.7 Å². The molecule has 1 aliphatic heterocycles. The zero-order valence-electron chi connectivity index (χ0n) is 16.4. The molecule has 6 heteroatoms. The molecule has 1 aliphatic carbocycles. The molecule has 148 valence electrons. The van der Waals surface area contributed by atoms with E-state index in [-0.39, 0.29) is 11.9 Å². The quantitative estimate of drug-likeness (QED) is 0.759. The molecule has 1 aromatic heterocycles. The van der Waals surface area contributed by atoms with Gasteiger partial charge in [-0.3, -0.25) is 4.79 Å². The average molecular weight is 380 g/mol. The second-order valence-electron chi connectivity index (χ2n) is 7.82. The number of anilines is 3. The van der Waals surface area contributed by atoms with Crippen molar-refractivity contribution in [1.82, 2.24) is 15.3 Å². The Kier molecular flexibility index (Phi) is 6.04. The number of aromatic nitrogens is 2. The monoisotopic (exact) mass is 379 g/mol. The van der Waals surface area contributed by atoms with E-state index in [0.717, 1.165) is 31.6 Å². The summed E-state index contributed by atoms with van der Waals surface area (Å²) in [5.41, 5.74) is 2.72. The average Bonchev–Trinajstić information content (AvgIpc) is 3.14. The predicted molar refractivity (Wildman–Crippen MR) is 112 cm³/mol. The second-order valence-corrected chi connectivity index (χ2v) is 7.82. The van der Waals surface area contributed by atoms with Gasteiger partial charge in [0.1, 0.15) is 0 Å². The van der Waals surface area contributed by atoms with Gasteiger partial charge in [-0.25, -0.2) is 9.97 Å². The van der Waals surface area contributed by atoms with Crippen LogP contribution in [-0.4, -0.2) is 35.0 Å². The normalized spacial score (nSPS) is 17.9. The van der Waals surface area contributed by atoms with E-state index in [2.05, 4.69) is 37.6 Å². The van der Waals surface area contributed by atoms with E-state index in [4.69, 9.17) is 0 Å². The van der Waals surface area contributed by atoms with Crippen LogP contribution in [0.5, 0.6) is 0 Å². The Bertz CT molecular complexity index is 761. The molecule has 6 nitrogen and oxygen atoms in total. The first-order valence-electron chi connectivity index (χ1n) is 10.5. The van der Waals surface area contributed by atoms with Crippen molar-refractivity contribution in [3.05, 3.63) is 42.2 Å². The molecule has 2 aliphatic rings. The molecule has 28 heavy (non-hydrogen) atoms. The Hall–Kier alpha value is -2.63. The Morgan fingerprint density at radius 1 is 0.893 bits per heavy atom. The van der Waals surface area contributed by atoms with Crippen LogP contribution in [0.25, 0.3) is 0 Å². The van der Waals surface area contributed by atoms with Gasteiger partial charge < -0.3 is 15.5 Å². The molecule has 4 rings (SSSR count). The summed E-state index contributed by atoms with van der Waals surface area (Å²) >= 11 is 0. The first-order valence-corrected chi connectivity index (χ1v) is 10.5. The molecule has 1 aromatic carbocycles. The number of carbonyl (C=O) groups excluding carboxylic acids is 1. The fourth-order valence-corrected chi connectivity index (χ4v) is 4.06. The van der Waals surface area contributed by atoms with Gasteiger partial charge in [-0.05, 0) is 49.9 Å². The number of benzene rings is 1. The maximum absolute atomic E-state index is 12.4. The van der Waals surface area contributed by atoms with Crippen LogP contribution in [0.2, 0.25) is 0 Å².